The first-order valence-corrected chi connectivity index (χ1v) is 5.42. The fraction of sp³-hybridized carbons (Fsp3) is 0.333. The summed E-state index contributed by atoms with van der Waals surface area (Å²) in [5, 5.41) is 2.93. The largest absolute Gasteiger partial charge is 0.365 e. The van der Waals surface area contributed by atoms with Crippen molar-refractivity contribution in [1.82, 2.24) is 0 Å². The van der Waals surface area contributed by atoms with Crippen LogP contribution in [0.15, 0.2) is 0 Å². The van der Waals surface area contributed by atoms with E-state index in [2.05, 4.69) is 5.32 Å². The maximum Gasteiger partial charge on any atom is 0.317 e. The topological polar surface area (TPSA) is 98.2 Å². The normalized spacial score (nSPS) is 13.6. The average Bonchev–Trinajstić information content (AvgIpc) is 2.60. The summed E-state index contributed by atoms with van der Waals surface area (Å²) in [5.74, 6) is -0.502. The zero-order valence-electron chi connectivity index (χ0n) is 8.00. The van der Waals surface area contributed by atoms with E-state index in [1.54, 1.807) is 0 Å². The first kappa shape index (κ1) is 9.97. The van der Waals surface area contributed by atoms with Gasteiger partial charge in [-0.2, -0.15) is 0 Å². The van der Waals surface area contributed by atoms with Crippen molar-refractivity contribution >= 4 is 28.3 Å². The monoisotopic (exact) mass is 225 g/mol. The van der Waals surface area contributed by atoms with Gasteiger partial charge in [0.15, 0.2) is 0 Å². The Balaban J connectivity index is 2.46. The highest BCUT2D eigenvalue weighted by atomic mass is 32.1. The number of fused-ring (bicyclic) bond motifs is 1. The van der Waals surface area contributed by atoms with E-state index in [1.165, 1.54) is 11.3 Å². The minimum absolute atomic E-state index is 0.436. The van der Waals surface area contributed by atoms with Crippen LogP contribution in [-0.4, -0.2) is 11.9 Å². The zero-order valence-corrected chi connectivity index (χ0v) is 8.82. The minimum Gasteiger partial charge on any atom is -0.365 e. The molecule has 1 aromatic heterocycles. The van der Waals surface area contributed by atoms with Gasteiger partial charge in [-0.05, 0) is 24.8 Å². The summed E-state index contributed by atoms with van der Waals surface area (Å²) in [7, 11) is 0. The summed E-state index contributed by atoms with van der Waals surface area (Å²) >= 11 is 1.39. The highest BCUT2D eigenvalue weighted by Gasteiger charge is 2.25. The third-order valence-electron chi connectivity index (χ3n) is 2.40. The van der Waals surface area contributed by atoms with E-state index in [4.69, 9.17) is 11.5 Å². The zero-order chi connectivity index (χ0) is 11.0. The molecule has 15 heavy (non-hydrogen) atoms. The first-order valence-electron chi connectivity index (χ1n) is 4.60. The maximum atomic E-state index is 11.3. The lowest BCUT2D eigenvalue weighted by atomic mass is 10.1. The Hall–Kier alpha value is -1.56. The number of thiophene rings is 1. The lowest BCUT2D eigenvalue weighted by Crippen LogP contribution is -2.21. The molecule has 6 heteroatoms. The summed E-state index contributed by atoms with van der Waals surface area (Å²) in [6.45, 7) is 0. The number of urea groups is 1. The van der Waals surface area contributed by atoms with Crippen LogP contribution in [0.2, 0.25) is 0 Å². The molecule has 0 saturated carbocycles. The van der Waals surface area contributed by atoms with E-state index in [0.717, 1.165) is 29.7 Å². The van der Waals surface area contributed by atoms with Crippen molar-refractivity contribution in [2.24, 2.45) is 11.5 Å². The number of nitrogens with two attached hydrogens (primary N) is 2. The van der Waals surface area contributed by atoms with E-state index in [-0.39, 0.29) is 0 Å². The summed E-state index contributed by atoms with van der Waals surface area (Å²) in [4.78, 5) is 23.1. The van der Waals surface area contributed by atoms with Crippen LogP contribution in [0.1, 0.15) is 27.2 Å². The van der Waals surface area contributed by atoms with E-state index >= 15 is 0 Å². The van der Waals surface area contributed by atoms with Crippen molar-refractivity contribution in [3.8, 4) is 0 Å². The second kappa shape index (κ2) is 3.54. The maximum absolute atomic E-state index is 11.3. The van der Waals surface area contributed by atoms with Gasteiger partial charge < -0.3 is 11.5 Å². The predicted octanol–water partition coefficient (Wildman–Crippen LogP) is 0.826. The van der Waals surface area contributed by atoms with Gasteiger partial charge in [-0.1, -0.05) is 0 Å². The SMILES string of the molecule is NC(=O)Nc1sc2c(c1C(N)=O)CCC2. The molecular weight excluding hydrogens is 214 g/mol. The number of hydrogen-bond acceptors (Lipinski definition) is 3. The number of carbonyl (C=O) groups excluding carboxylic acids is 2. The van der Waals surface area contributed by atoms with Gasteiger partial charge in [-0.15, -0.1) is 11.3 Å². The quantitative estimate of drug-likeness (QED) is 0.694. The van der Waals surface area contributed by atoms with Crippen LogP contribution in [0.3, 0.4) is 0 Å². The Kier molecular flexibility index (Phi) is 2.36. The third-order valence-corrected chi connectivity index (χ3v) is 3.61. The first-order chi connectivity index (χ1) is 7.09. The number of anilines is 1. The number of hydrogen-bond donors (Lipinski definition) is 3. The van der Waals surface area contributed by atoms with Crippen LogP contribution in [0.4, 0.5) is 9.80 Å². The van der Waals surface area contributed by atoms with Crippen molar-refractivity contribution < 1.29 is 9.59 Å². The highest BCUT2D eigenvalue weighted by molar-refractivity contribution is 7.17. The van der Waals surface area contributed by atoms with Gasteiger partial charge >= 0.3 is 6.03 Å². The second-order valence-electron chi connectivity index (χ2n) is 3.41. The van der Waals surface area contributed by atoms with Gasteiger partial charge in [-0.3, -0.25) is 10.1 Å². The Bertz CT molecular complexity index is 439. The molecule has 1 aromatic rings. The number of primary amides is 2. The molecule has 5 nitrogen and oxygen atoms in total. The minimum atomic E-state index is -0.669. The molecule has 0 aliphatic heterocycles. The molecule has 0 radical (unpaired) electrons. The van der Waals surface area contributed by atoms with Crippen LogP contribution in [0, 0.1) is 0 Å². The van der Waals surface area contributed by atoms with Gasteiger partial charge in [0, 0.05) is 4.88 Å². The van der Waals surface area contributed by atoms with Crippen molar-refractivity contribution in [1.29, 1.82) is 0 Å². The van der Waals surface area contributed by atoms with Crippen molar-refractivity contribution in [2.75, 3.05) is 5.32 Å². The molecular formula is C9H11N3O2S. The lowest BCUT2D eigenvalue weighted by molar-refractivity contribution is 0.100. The molecule has 0 bridgehead atoms. The van der Waals surface area contributed by atoms with Gasteiger partial charge in [-0.25, -0.2) is 4.79 Å². The number of rotatable bonds is 2. The molecule has 0 aromatic carbocycles. The fourth-order valence-electron chi connectivity index (χ4n) is 1.86. The van der Waals surface area contributed by atoms with E-state index in [0.29, 0.717) is 10.6 Å². The Labute approximate surface area is 90.4 Å². The lowest BCUT2D eigenvalue weighted by Gasteiger charge is -2.02. The molecule has 1 aliphatic carbocycles. The third kappa shape index (κ3) is 1.68. The molecule has 0 spiro atoms. The Morgan fingerprint density at radius 1 is 1.27 bits per heavy atom. The second-order valence-corrected chi connectivity index (χ2v) is 4.52. The van der Waals surface area contributed by atoms with Gasteiger partial charge in [0.1, 0.15) is 5.00 Å². The number of nitrogens with one attached hydrogen (secondary N) is 1. The Morgan fingerprint density at radius 3 is 2.60 bits per heavy atom. The number of aryl methyl sites for hydroxylation is 1. The fourth-order valence-corrected chi connectivity index (χ4v) is 3.16. The smallest absolute Gasteiger partial charge is 0.317 e. The molecule has 3 amide bonds. The van der Waals surface area contributed by atoms with Crippen molar-refractivity contribution in [3.63, 3.8) is 0 Å². The summed E-state index contributed by atoms with van der Waals surface area (Å²) in [6.07, 6.45) is 2.84. The molecule has 0 fully saturated rings. The van der Waals surface area contributed by atoms with Crippen molar-refractivity contribution in [2.45, 2.75) is 19.3 Å². The van der Waals surface area contributed by atoms with Gasteiger partial charge in [0.25, 0.3) is 5.91 Å². The van der Waals surface area contributed by atoms with E-state index in [1.807, 2.05) is 0 Å². The highest BCUT2D eigenvalue weighted by Crippen LogP contribution is 2.38. The summed E-state index contributed by atoms with van der Waals surface area (Å²) in [5.41, 5.74) is 11.7. The molecule has 1 aliphatic rings. The van der Waals surface area contributed by atoms with Crippen LogP contribution >= 0.6 is 11.3 Å². The van der Waals surface area contributed by atoms with Gasteiger partial charge in [0.05, 0.1) is 5.56 Å². The van der Waals surface area contributed by atoms with Crippen LogP contribution in [0.25, 0.3) is 0 Å². The molecule has 0 unspecified atom stereocenters. The molecule has 80 valence electrons. The van der Waals surface area contributed by atoms with Crippen molar-refractivity contribution in [3.05, 3.63) is 16.0 Å². The number of amides is 3. The Morgan fingerprint density at radius 2 is 2.00 bits per heavy atom. The summed E-state index contributed by atoms with van der Waals surface area (Å²) < 4.78 is 0. The van der Waals surface area contributed by atoms with Crippen LogP contribution in [-0.2, 0) is 12.8 Å². The number of carbonyl (C=O) groups is 2. The molecule has 1 heterocycles. The average molecular weight is 225 g/mol. The van der Waals surface area contributed by atoms with Crippen LogP contribution < -0.4 is 16.8 Å². The molecule has 0 saturated heterocycles. The molecule has 5 N–H and O–H groups in total. The molecule has 0 atom stereocenters. The van der Waals surface area contributed by atoms with Crippen LogP contribution in [0.5, 0.6) is 0 Å². The van der Waals surface area contributed by atoms with Gasteiger partial charge in [0.2, 0.25) is 0 Å². The predicted molar refractivity (Wildman–Crippen MR) is 58.1 cm³/mol. The molecule has 2 rings (SSSR count). The standard InChI is InChI=1S/C9H11N3O2S/c10-7(13)6-4-2-1-3-5(4)15-8(6)12-9(11)14/h1-3H2,(H2,10,13)(H3,11,12,14). The summed E-state index contributed by atoms with van der Waals surface area (Å²) in [6, 6.07) is -0.669. The van der Waals surface area contributed by atoms with E-state index in [9.17, 15) is 9.59 Å². The van der Waals surface area contributed by atoms with E-state index < -0.39 is 11.9 Å².